The minimum Gasteiger partial charge on any atom is -0.317 e. The van der Waals surface area contributed by atoms with E-state index in [1.807, 2.05) is 0 Å². The first-order valence-electron chi connectivity index (χ1n) is 24.6. The molecule has 1 unspecified atom stereocenters. The first kappa shape index (κ1) is 44.9. The van der Waals surface area contributed by atoms with Gasteiger partial charge in [-0.3, -0.25) is 0 Å². The smallest absolute Gasteiger partial charge is 0.200 e. The summed E-state index contributed by atoms with van der Waals surface area (Å²) in [6.45, 7) is 11.3. The van der Waals surface area contributed by atoms with Gasteiger partial charge in [-0.1, -0.05) is 217 Å². The van der Waals surface area contributed by atoms with E-state index in [1.54, 1.807) is 11.1 Å². The van der Waals surface area contributed by atoms with Gasteiger partial charge in [-0.15, -0.1) is 0 Å². The van der Waals surface area contributed by atoms with Crippen molar-refractivity contribution in [1.82, 2.24) is 15.0 Å². The fourth-order valence-electron chi connectivity index (χ4n) is 11.5. The standard InChI is InChI=1S/C60H65N3S2/c1-6-8-10-12-14-16-34-59(35-17-15-13-11-9-7-2)52-36-41(4)20-30-48(52)49-32-24-44(38-53(49)59)45-25-33-51-50-31-21-42(5)37-54(50)60(55(51)39-45,46-26-18-40(3)19-27-46)47-28-22-43(23-29-47)56-61-57(64)63-58(65)62-56/h18-33,36-39H,6-17,34-35H2,1-5H3,(H2,61,62,63,64,65). The number of aryl methyl sites for hydroxylation is 3. The number of H-pyrrole nitrogens is 2. The van der Waals surface area contributed by atoms with Gasteiger partial charge < -0.3 is 9.97 Å². The van der Waals surface area contributed by atoms with Gasteiger partial charge in [0, 0.05) is 11.0 Å². The third-order valence-corrected chi connectivity index (χ3v) is 15.2. The Labute approximate surface area is 398 Å². The molecule has 0 spiro atoms. The summed E-state index contributed by atoms with van der Waals surface area (Å²) in [7, 11) is 0. The van der Waals surface area contributed by atoms with Crippen LogP contribution in [0.1, 0.15) is 154 Å². The van der Waals surface area contributed by atoms with Crippen molar-refractivity contribution in [3.05, 3.63) is 181 Å². The van der Waals surface area contributed by atoms with Gasteiger partial charge in [0.1, 0.15) is 5.82 Å². The molecule has 9 rings (SSSR count). The topological polar surface area (TPSA) is 44.5 Å². The number of benzene rings is 6. The van der Waals surface area contributed by atoms with Crippen molar-refractivity contribution in [2.45, 2.75) is 135 Å². The number of hydrogen-bond donors (Lipinski definition) is 2. The van der Waals surface area contributed by atoms with Crippen LogP contribution in [0.3, 0.4) is 0 Å². The highest BCUT2D eigenvalue weighted by atomic mass is 32.1. The largest absolute Gasteiger partial charge is 0.317 e. The van der Waals surface area contributed by atoms with Crippen LogP contribution in [0.5, 0.6) is 0 Å². The molecule has 1 aromatic heterocycles. The van der Waals surface area contributed by atoms with Gasteiger partial charge in [0.05, 0.1) is 5.41 Å². The molecule has 65 heavy (non-hydrogen) atoms. The van der Waals surface area contributed by atoms with Crippen LogP contribution < -0.4 is 0 Å². The summed E-state index contributed by atoms with van der Waals surface area (Å²) in [5, 5.41) is 0. The molecule has 2 aliphatic rings. The van der Waals surface area contributed by atoms with Gasteiger partial charge in [0.2, 0.25) is 4.77 Å². The van der Waals surface area contributed by atoms with Crippen molar-refractivity contribution in [2.24, 2.45) is 0 Å². The van der Waals surface area contributed by atoms with Crippen molar-refractivity contribution in [1.29, 1.82) is 0 Å². The lowest BCUT2D eigenvalue weighted by Crippen LogP contribution is -2.28. The number of aromatic nitrogens is 3. The highest BCUT2D eigenvalue weighted by Gasteiger charge is 2.47. The molecule has 0 fully saturated rings. The summed E-state index contributed by atoms with van der Waals surface area (Å²) in [4.78, 5) is 10.8. The SMILES string of the molecule is CCCCCCCCC1(CCCCCCCC)c2cc(C)ccc2-c2ccc(-c3ccc4c(c3)C(c3ccc(C)cc3)(c3ccc(-c5nc(=S)[nH]c(=S)[nH]5)cc3)c3cc(C)ccc3-4)cc21. The molecule has 2 aliphatic carbocycles. The predicted octanol–water partition coefficient (Wildman–Crippen LogP) is 17.6. The molecule has 0 saturated carbocycles. The van der Waals surface area contributed by atoms with Gasteiger partial charge in [-0.25, -0.2) is 4.98 Å². The lowest BCUT2D eigenvalue weighted by Gasteiger charge is -2.35. The number of nitrogens with one attached hydrogen (secondary N) is 2. The van der Waals surface area contributed by atoms with Crippen LogP contribution in [0.15, 0.2) is 121 Å². The zero-order chi connectivity index (χ0) is 45.1. The van der Waals surface area contributed by atoms with Gasteiger partial charge in [-0.2, -0.15) is 0 Å². The first-order valence-corrected chi connectivity index (χ1v) is 25.4. The molecule has 332 valence electrons. The van der Waals surface area contributed by atoms with E-state index in [4.69, 9.17) is 24.4 Å². The minimum atomic E-state index is -0.559. The van der Waals surface area contributed by atoms with E-state index >= 15 is 0 Å². The normalized spacial score (nSPS) is 15.4. The Hall–Kier alpha value is -5.23. The predicted molar refractivity (Wildman–Crippen MR) is 279 cm³/mol. The maximum Gasteiger partial charge on any atom is 0.200 e. The van der Waals surface area contributed by atoms with Crippen molar-refractivity contribution in [3.63, 3.8) is 0 Å². The van der Waals surface area contributed by atoms with E-state index in [0.717, 1.165) is 5.56 Å². The second-order valence-electron chi connectivity index (χ2n) is 19.3. The number of unbranched alkanes of at least 4 members (excludes halogenated alkanes) is 10. The Morgan fingerprint density at radius 3 is 1.40 bits per heavy atom. The molecule has 3 nitrogen and oxygen atoms in total. The number of aromatic amines is 2. The van der Waals surface area contributed by atoms with E-state index in [2.05, 4.69) is 171 Å². The van der Waals surface area contributed by atoms with E-state index in [9.17, 15) is 0 Å². The average molecular weight is 892 g/mol. The molecule has 7 aromatic rings. The fourth-order valence-corrected chi connectivity index (χ4v) is 11.9. The van der Waals surface area contributed by atoms with Crippen LogP contribution >= 0.6 is 24.4 Å². The molecule has 1 atom stereocenters. The van der Waals surface area contributed by atoms with Gasteiger partial charge in [0.25, 0.3) is 0 Å². The van der Waals surface area contributed by atoms with Gasteiger partial charge in [-0.05, 0) is 137 Å². The lowest BCUT2D eigenvalue weighted by molar-refractivity contribution is 0.398. The molecule has 6 aromatic carbocycles. The second kappa shape index (κ2) is 19.3. The van der Waals surface area contributed by atoms with Crippen LogP contribution in [0.4, 0.5) is 0 Å². The molecule has 1 heterocycles. The summed E-state index contributed by atoms with van der Waals surface area (Å²) in [5.74, 6) is 0.665. The third-order valence-electron chi connectivity index (χ3n) is 14.8. The molecular formula is C60H65N3S2. The molecule has 2 N–H and O–H groups in total. The maximum absolute atomic E-state index is 5.46. The molecule has 0 saturated heterocycles. The Morgan fingerprint density at radius 2 is 0.846 bits per heavy atom. The monoisotopic (exact) mass is 891 g/mol. The van der Waals surface area contributed by atoms with Gasteiger partial charge in [0.15, 0.2) is 4.77 Å². The van der Waals surface area contributed by atoms with Gasteiger partial charge >= 0.3 is 0 Å². The van der Waals surface area contributed by atoms with Crippen molar-refractivity contribution < 1.29 is 0 Å². The zero-order valence-electron chi connectivity index (χ0n) is 39.2. The minimum absolute atomic E-state index is 0.0150. The van der Waals surface area contributed by atoms with E-state index in [-0.39, 0.29) is 5.41 Å². The summed E-state index contributed by atoms with van der Waals surface area (Å²) in [6, 6.07) is 47.3. The summed E-state index contributed by atoms with van der Waals surface area (Å²) in [5.41, 5.74) is 20.5. The fraction of sp³-hybridized carbons (Fsp3) is 0.350. The Morgan fingerprint density at radius 1 is 0.431 bits per heavy atom. The van der Waals surface area contributed by atoms with E-state index in [1.165, 1.54) is 162 Å². The third kappa shape index (κ3) is 8.56. The number of fused-ring (bicyclic) bond motifs is 6. The number of hydrogen-bond acceptors (Lipinski definition) is 3. The van der Waals surface area contributed by atoms with Crippen molar-refractivity contribution in [3.8, 4) is 44.8 Å². The Balaban J connectivity index is 1.20. The van der Waals surface area contributed by atoms with Crippen LogP contribution in [0.25, 0.3) is 44.8 Å². The highest BCUT2D eigenvalue weighted by Crippen LogP contribution is 2.59. The molecule has 0 aliphatic heterocycles. The summed E-state index contributed by atoms with van der Waals surface area (Å²) in [6.07, 6.45) is 18.2. The zero-order valence-corrected chi connectivity index (χ0v) is 40.8. The van der Waals surface area contributed by atoms with Crippen molar-refractivity contribution in [2.75, 3.05) is 0 Å². The van der Waals surface area contributed by atoms with Crippen LogP contribution in [-0.2, 0) is 10.8 Å². The van der Waals surface area contributed by atoms with Crippen LogP contribution in [-0.4, -0.2) is 15.0 Å². The number of rotatable bonds is 18. The van der Waals surface area contributed by atoms with Crippen LogP contribution in [0.2, 0.25) is 0 Å². The van der Waals surface area contributed by atoms with E-state index in [0.29, 0.717) is 15.4 Å². The van der Waals surface area contributed by atoms with E-state index < -0.39 is 5.41 Å². The maximum atomic E-state index is 5.46. The molecule has 5 heteroatoms. The molecule has 0 radical (unpaired) electrons. The van der Waals surface area contributed by atoms with Crippen molar-refractivity contribution >= 4 is 24.4 Å². The summed E-state index contributed by atoms with van der Waals surface area (Å²) >= 11 is 10.9. The average Bonchev–Trinajstić information content (AvgIpc) is 3.74. The highest BCUT2D eigenvalue weighted by molar-refractivity contribution is 7.71. The Bertz CT molecular complexity index is 2890. The number of nitrogens with zero attached hydrogens (tertiary/aromatic N) is 1. The summed E-state index contributed by atoms with van der Waals surface area (Å²) < 4.78 is 0.840. The van der Waals surface area contributed by atoms with Crippen LogP contribution in [0, 0.1) is 30.3 Å². The lowest BCUT2D eigenvalue weighted by atomic mass is 9.67. The molecule has 0 amide bonds. The molecule has 0 bridgehead atoms. The first-order chi connectivity index (χ1) is 31.7. The Kier molecular flexibility index (Phi) is 13.4. The quantitative estimate of drug-likeness (QED) is 0.0666. The molecular weight excluding hydrogens is 827 g/mol. The second-order valence-corrected chi connectivity index (χ2v) is 20.1.